The smallest absolute Gasteiger partial charge is 0.119 e. The maximum Gasteiger partial charge on any atom is 0.119 e. The Hall–Kier alpha value is -1.81. The van der Waals surface area contributed by atoms with Gasteiger partial charge >= 0.3 is 0 Å². The molecule has 4 heteroatoms. The molecule has 0 aliphatic heterocycles. The minimum atomic E-state index is 0.295. The van der Waals surface area contributed by atoms with E-state index in [1.54, 1.807) is 0 Å². The molecule has 0 fully saturated rings. The summed E-state index contributed by atoms with van der Waals surface area (Å²) in [5.41, 5.74) is 1.23. The van der Waals surface area contributed by atoms with Crippen molar-refractivity contribution in [1.29, 1.82) is 0 Å². The molecule has 1 aromatic carbocycles. The van der Waals surface area contributed by atoms with Gasteiger partial charge in [0.2, 0.25) is 0 Å². The van der Waals surface area contributed by atoms with E-state index in [4.69, 9.17) is 4.74 Å². The summed E-state index contributed by atoms with van der Waals surface area (Å²) in [6.45, 7) is 6.75. The predicted octanol–water partition coefficient (Wildman–Crippen LogP) is 3.02. The van der Waals surface area contributed by atoms with Crippen LogP contribution in [-0.2, 0) is 6.54 Å². The summed E-state index contributed by atoms with van der Waals surface area (Å²) >= 11 is 0. The van der Waals surface area contributed by atoms with Crippen LogP contribution >= 0.6 is 0 Å². The van der Waals surface area contributed by atoms with Gasteiger partial charge in [-0.25, -0.2) is 0 Å². The van der Waals surface area contributed by atoms with Gasteiger partial charge in [0.25, 0.3) is 0 Å². The molecule has 0 bridgehead atoms. The fraction of sp³-hybridized carbons (Fsp3) is 0.438. The molecule has 2 rings (SSSR count). The highest BCUT2D eigenvalue weighted by Crippen LogP contribution is 2.17. The third-order valence-corrected chi connectivity index (χ3v) is 3.25. The monoisotopic (exact) mass is 273 g/mol. The Bertz CT molecular complexity index is 495. The van der Waals surface area contributed by atoms with Crippen molar-refractivity contribution in [3.63, 3.8) is 0 Å². The number of aryl methyl sites for hydroxylation is 1. The van der Waals surface area contributed by atoms with Gasteiger partial charge in [0, 0.05) is 30.8 Å². The Kier molecular flexibility index (Phi) is 5.62. The Morgan fingerprint density at radius 1 is 1.25 bits per heavy atom. The lowest BCUT2D eigenvalue weighted by molar-refractivity contribution is 0.287. The molecular formula is C16H23N3O. The fourth-order valence-corrected chi connectivity index (χ4v) is 2.18. The number of para-hydroxylation sites is 1. The Labute approximate surface area is 120 Å². The van der Waals surface area contributed by atoms with Gasteiger partial charge in [0.1, 0.15) is 5.75 Å². The van der Waals surface area contributed by atoms with E-state index in [-0.39, 0.29) is 0 Å². The minimum absolute atomic E-state index is 0.295. The molecule has 20 heavy (non-hydrogen) atoms. The molecule has 2 aromatic rings. The summed E-state index contributed by atoms with van der Waals surface area (Å²) in [4.78, 5) is 0. The van der Waals surface area contributed by atoms with Gasteiger partial charge in [0.05, 0.1) is 12.8 Å². The normalized spacial score (nSPS) is 12.3. The molecule has 0 spiro atoms. The number of ether oxygens (including phenoxy) is 1. The van der Waals surface area contributed by atoms with E-state index in [0.29, 0.717) is 12.6 Å². The molecule has 1 unspecified atom stereocenters. The topological polar surface area (TPSA) is 39.1 Å². The average molecular weight is 273 g/mol. The summed E-state index contributed by atoms with van der Waals surface area (Å²) < 4.78 is 7.73. The lowest BCUT2D eigenvalue weighted by Crippen LogP contribution is -2.22. The van der Waals surface area contributed by atoms with Gasteiger partial charge in [-0.05, 0) is 25.6 Å². The number of hydrogen-bond acceptors (Lipinski definition) is 3. The molecule has 1 aromatic heterocycles. The first-order valence-electron chi connectivity index (χ1n) is 7.27. The highest BCUT2D eigenvalue weighted by Gasteiger charge is 2.12. The predicted molar refractivity (Wildman–Crippen MR) is 80.9 cm³/mol. The lowest BCUT2D eigenvalue weighted by atomic mass is 10.1. The van der Waals surface area contributed by atoms with E-state index >= 15 is 0 Å². The maximum atomic E-state index is 5.77. The Balaban J connectivity index is 1.89. The zero-order valence-corrected chi connectivity index (χ0v) is 12.2. The second-order valence-electron chi connectivity index (χ2n) is 4.69. The quantitative estimate of drug-likeness (QED) is 0.803. The molecular weight excluding hydrogens is 250 g/mol. The van der Waals surface area contributed by atoms with Gasteiger partial charge in [-0.15, -0.1) is 0 Å². The molecule has 0 radical (unpaired) electrons. The number of benzene rings is 1. The van der Waals surface area contributed by atoms with Crippen LogP contribution in [0.4, 0.5) is 0 Å². The lowest BCUT2D eigenvalue weighted by Gasteiger charge is -2.16. The van der Waals surface area contributed by atoms with E-state index in [9.17, 15) is 0 Å². The van der Waals surface area contributed by atoms with E-state index in [1.165, 1.54) is 5.56 Å². The van der Waals surface area contributed by atoms with Crippen LogP contribution in [0.5, 0.6) is 5.75 Å². The highest BCUT2D eigenvalue weighted by atomic mass is 16.5. The van der Waals surface area contributed by atoms with Crippen molar-refractivity contribution in [2.75, 3.05) is 13.2 Å². The Morgan fingerprint density at radius 2 is 2.05 bits per heavy atom. The summed E-state index contributed by atoms with van der Waals surface area (Å²) in [6.07, 6.45) is 4.98. The highest BCUT2D eigenvalue weighted by molar-refractivity contribution is 5.21. The molecule has 1 N–H and O–H groups in total. The van der Waals surface area contributed by atoms with Crippen molar-refractivity contribution < 1.29 is 4.74 Å². The van der Waals surface area contributed by atoms with E-state index in [0.717, 1.165) is 25.3 Å². The van der Waals surface area contributed by atoms with Crippen molar-refractivity contribution in [3.05, 3.63) is 48.3 Å². The van der Waals surface area contributed by atoms with Gasteiger partial charge in [0.15, 0.2) is 0 Å². The molecule has 4 nitrogen and oxygen atoms in total. The molecule has 0 saturated carbocycles. The first kappa shape index (κ1) is 14.6. The average Bonchev–Trinajstić information content (AvgIpc) is 2.96. The van der Waals surface area contributed by atoms with Gasteiger partial charge in [-0.2, -0.15) is 5.10 Å². The van der Waals surface area contributed by atoms with Crippen LogP contribution in [0.1, 0.15) is 31.9 Å². The number of aromatic nitrogens is 2. The standard InChI is InChI=1S/C16H23N3O/c1-3-17-16(14-12-18-19(4-2)13-14)10-11-20-15-8-6-5-7-9-15/h5-9,12-13,16-17H,3-4,10-11H2,1-2H3. The number of rotatable bonds is 8. The fourth-order valence-electron chi connectivity index (χ4n) is 2.18. The first-order valence-corrected chi connectivity index (χ1v) is 7.27. The van der Waals surface area contributed by atoms with Gasteiger partial charge in [-0.3, -0.25) is 4.68 Å². The minimum Gasteiger partial charge on any atom is -0.494 e. The van der Waals surface area contributed by atoms with E-state index in [1.807, 2.05) is 41.2 Å². The summed E-state index contributed by atoms with van der Waals surface area (Å²) in [5, 5.41) is 7.83. The van der Waals surface area contributed by atoms with Crippen molar-refractivity contribution in [1.82, 2.24) is 15.1 Å². The zero-order valence-electron chi connectivity index (χ0n) is 12.2. The van der Waals surface area contributed by atoms with Crippen LogP contribution in [-0.4, -0.2) is 22.9 Å². The van der Waals surface area contributed by atoms with Crippen LogP contribution in [0.3, 0.4) is 0 Å². The van der Waals surface area contributed by atoms with Crippen LogP contribution < -0.4 is 10.1 Å². The number of nitrogens with zero attached hydrogens (tertiary/aromatic N) is 2. The molecule has 0 amide bonds. The Morgan fingerprint density at radius 3 is 2.70 bits per heavy atom. The molecule has 0 aliphatic carbocycles. The number of hydrogen-bond donors (Lipinski definition) is 1. The molecule has 108 valence electrons. The third-order valence-electron chi connectivity index (χ3n) is 3.25. The zero-order chi connectivity index (χ0) is 14.2. The van der Waals surface area contributed by atoms with Crippen LogP contribution in [0.25, 0.3) is 0 Å². The third kappa shape index (κ3) is 4.10. The SMILES string of the molecule is CCNC(CCOc1ccccc1)c1cnn(CC)c1. The van der Waals surface area contributed by atoms with Crippen molar-refractivity contribution >= 4 is 0 Å². The van der Waals surface area contributed by atoms with Gasteiger partial charge < -0.3 is 10.1 Å². The summed E-state index contributed by atoms with van der Waals surface area (Å²) in [5.74, 6) is 0.923. The molecule has 1 heterocycles. The van der Waals surface area contributed by atoms with Crippen molar-refractivity contribution in [2.24, 2.45) is 0 Å². The summed E-state index contributed by atoms with van der Waals surface area (Å²) in [7, 11) is 0. The summed E-state index contributed by atoms with van der Waals surface area (Å²) in [6, 6.07) is 10.2. The van der Waals surface area contributed by atoms with Gasteiger partial charge in [-0.1, -0.05) is 25.1 Å². The van der Waals surface area contributed by atoms with Crippen molar-refractivity contribution in [2.45, 2.75) is 32.9 Å². The first-order chi connectivity index (χ1) is 9.83. The second kappa shape index (κ2) is 7.70. The van der Waals surface area contributed by atoms with E-state index in [2.05, 4.69) is 30.5 Å². The largest absolute Gasteiger partial charge is 0.494 e. The molecule has 0 aliphatic rings. The number of nitrogens with one attached hydrogen (secondary N) is 1. The van der Waals surface area contributed by atoms with Crippen LogP contribution in [0.15, 0.2) is 42.7 Å². The molecule has 0 saturated heterocycles. The molecule has 1 atom stereocenters. The van der Waals surface area contributed by atoms with Crippen molar-refractivity contribution in [3.8, 4) is 5.75 Å². The van der Waals surface area contributed by atoms with E-state index < -0.39 is 0 Å². The second-order valence-corrected chi connectivity index (χ2v) is 4.69. The maximum absolute atomic E-state index is 5.77. The van der Waals surface area contributed by atoms with Crippen LogP contribution in [0.2, 0.25) is 0 Å². The van der Waals surface area contributed by atoms with Crippen LogP contribution in [0, 0.1) is 0 Å².